The molecule has 0 saturated heterocycles. The Morgan fingerprint density at radius 3 is 2.29 bits per heavy atom. The van der Waals surface area contributed by atoms with Gasteiger partial charge < -0.3 is 10.5 Å². The Bertz CT molecular complexity index is 328. The lowest BCUT2D eigenvalue weighted by molar-refractivity contribution is -0.137. The molecule has 0 atom stereocenters. The maximum atomic E-state index is 12.4. The van der Waals surface area contributed by atoms with Crippen LogP contribution < -0.4 is 10.5 Å². The van der Waals surface area contributed by atoms with Crippen LogP contribution in [0.3, 0.4) is 0 Å². The van der Waals surface area contributed by atoms with Crippen LogP contribution in [0.1, 0.15) is 5.56 Å². The van der Waals surface area contributed by atoms with Gasteiger partial charge in [0.05, 0.1) is 12.7 Å². The van der Waals surface area contributed by atoms with E-state index in [9.17, 15) is 13.2 Å². The molecule has 0 unspecified atom stereocenters. The van der Waals surface area contributed by atoms with Gasteiger partial charge in [-0.3, -0.25) is 0 Å². The highest BCUT2D eigenvalue weighted by Crippen LogP contribution is 2.40. The van der Waals surface area contributed by atoms with E-state index in [4.69, 9.17) is 10.5 Å². The average Bonchev–Trinajstić information content (AvgIpc) is 1.99. The first-order valence-electron chi connectivity index (χ1n) is 3.56. The first-order chi connectivity index (χ1) is 6.36. The lowest BCUT2D eigenvalue weighted by Gasteiger charge is -2.13. The molecule has 1 aromatic rings. The van der Waals surface area contributed by atoms with Crippen LogP contribution in [0.2, 0.25) is 0 Å². The zero-order chi connectivity index (χ0) is 10.9. The number of nitrogen functional groups attached to an aromatic ring is 1. The Balaban J connectivity index is 3.33. The number of anilines is 1. The third kappa shape index (κ3) is 2.12. The van der Waals surface area contributed by atoms with Crippen molar-refractivity contribution in [2.45, 2.75) is 6.18 Å². The fourth-order valence-corrected chi connectivity index (χ4v) is 1.70. The van der Waals surface area contributed by atoms with Crippen LogP contribution in [-0.2, 0) is 6.18 Å². The second-order valence-corrected chi connectivity index (χ2v) is 3.43. The van der Waals surface area contributed by atoms with Gasteiger partial charge >= 0.3 is 6.18 Å². The molecule has 6 heteroatoms. The summed E-state index contributed by atoms with van der Waals surface area (Å²) in [5.74, 6) is 0.280. The predicted octanol–water partition coefficient (Wildman–Crippen LogP) is 3.06. The van der Waals surface area contributed by atoms with E-state index in [0.717, 1.165) is 6.07 Å². The van der Waals surface area contributed by atoms with Crippen LogP contribution in [0.5, 0.6) is 5.75 Å². The Morgan fingerprint density at radius 1 is 1.36 bits per heavy atom. The molecular weight excluding hydrogens is 263 g/mol. The average molecular weight is 270 g/mol. The summed E-state index contributed by atoms with van der Waals surface area (Å²) >= 11 is 2.79. The Morgan fingerprint density at radius 2 is 1.93 bits per heavy atom. The van der Waals surface area contributed by atoms with E-state index in [-0.39, 0.29) is 15.9 Å². The van der Waals surface area contributed by atoms with Crippen molar-refractivity contribution < 1.29 is 17.9 Å². The van der Waals surface area contributed by atoms with Gasteiger partial charge in [0.1, 0.15) is 5.75 Å². The van der Waals surface area contributed by atoms with Crippen LogP contribution in [0.25, 0.3) is 0 Å². The second-order valence-electron chi connectivity index (χ2n) is 2.57. The molecular formula is C8H7BrF3NO. The summed E-state index contributed by atoms with van der Waals surface area (Å²) in [6.45, 7) is 0. The molecule has 0 aromatic heterocycles. The van der Waals surface area contributed by atoms with Crippen molar-refractivity contribution in [1.29, 1.82) is 0 Å². The van der Waals surface area contributed by atoms with Gasteiger partial charge in [-0.1, -0.05) is 0 Å². The molecule has 0 saturated carbocycles. The first kappa shape index (κ1) is 11.2. The molecule has 2 N–H and O–H groups in total. The molecule has 0 aliphatic rings. The van der Waals surface area contributed by atoms with E-state index in [1.165, 1.54) is 13.2 Å². The molecule has 14 heavy (non-hydrogen) atoms. The summed E-state index contributed by atoms with van der Waals surface area (Å²) in [5, 5.41) is 0. The number of ether oxygens (including phenoxy) is 1. The van der Waals surface area contributed by atoms with Crippen molar-refractivity contribution in [3.8, 4) is 5.75 Å². The largest absolute Gasteiger partial charge is 0.497 e. The molecule has 0 fully saturated rings. The predicted molar refractivity (Wildman–Crippen MR) is 50.1 cm³/mol. The third-order valence-corrected chi connectivity index (χ3v) is 2.24. The Kier molecular flexibility index (Phi) is 2.94. The minimum atomic E-state index is -4.46. The molecule has 0 aliphatic heterocycles. The quantitative estimate of drug-likeness (QED) is 0.796. The van der Waals surface area contributed by atoms with Crippen LogP contribution in [0, 0.1) is 0 Å². The number of methoxy groups -OCH3 is 1. The summed E-state index contributed by atoms with van der Waals surface area (Å²) in [5.41, 5.74) is 4.02. The normalized spacial score (nSPS) is 11.5. The summed E-state index contributed by atoms with van der Waals surface area (Å²) in [4.78, 5) is 0. The Labute approximate surface area is 87.0 Å². The molecule has 0 heterocycles. The highest BCUT2D eigenvalue weighted by molar-refractivity contribution is 9.10. The SMILES string of the molecule is COc1cc(N)c(C(F)(F)F)c(Br)c1. The topological polar surface area (TPSA) is 35.2 Å². The maximum Gasteiger partial charge on any atom is 0.419 e. The standard InChI is InChI=1S/C8H7BrF3NO/c1-14-4-2-5(9)7(6(13)3-4)8(10,11)12/h2-3H,13H2,1H3. The van der Waals surface area contributed by atoms with E-state index in [1.54, 1.807) is 0 Å². The Hall–Kier alpha value is -0.910. The molecule has 2 nitrogen and oxygen atoms in total. The summed E-state index contributed by atoms with van der Waals surface area (Å²) < 4.78 is 41.8. The molecule has 0 amide bonds. The van der Waals surface area contributed by atoms with Crippen molar-refractivity contribution in [1.82, 2.24) is 0 Å². The summed E-state index contributed by atoms with van der Waals surface area (Å²) in [6.07, 6.45) is -4.46. The van der Waals surface area contributed by atoms with Gasteiger partial charge in [-0.15, -0.1) is 0 Å². The molecule has 1 rings (SSSR count). The molecule has 78 valence electrons. The highest BCUT2D eigenvalue weighted by Gasteiger charge is 2.35. The van der Waals surface area contributed by atoms with Gasteiger partial charge in [0, 0.05) is 16.2 Å². The zero-order valence-electron chi connectivity index (χ0n) is 7.15. The smallest absolute Gasteiger partial charge is 0.419 e. The van der Waals surface area contributed by atoms with Crippen molar-refractivity contribution in [2.24, 2.45) is 0 Å². The van der Waals surface area contributed by atoms with Crippen molar-refractivity contribution >= 4 is 21.6 Å². The number of nitrogens with two attached hydrogens (primary N) is 1. The van der Waals surface area contributed by atoms with Crippen molar-refractivity contribution in [3.63, 3.8) is 0 Å². The molecule has 1 aromatic carbocycles. The lowest BCUT2D eigenvalue weighted by atomic mass is 10.1. The van der Waals surface area contributed by atoms with Crippen molar-refractivity contribution in [2.75, 3.05) is 12.8 Å². The van der Waals surface area contributed by atoms with E-state index < -0.39 is 11.7 Å². The number of benzene rings is 1. The molecule has 0 spiro atoms. The zero-order valence-corrected chi connectivity index (χ0v) is 8.74. The number of hydrogen-bond acceptors (Lipinski definition) is 2. The van der Waals surface area contributed by atoms with E-state index in [2.05, 4.69) is 15.9 Å². The van der Waals surface area contributed by atoms with Gasteiger partial charge in [0.15, 0.2) is 0 Å². The minimum Gasteiger partial charge on any atom is -0.497 e. The molecule has 0 bridgehead atoms. The highest BCUT2D eigenvalue weighted by atomic mass is 79.9. The van der Waals surface area contributed by atoms with Crippen LogP contribution in [-0.4, -0.2) is 7.11 Å². The van der Waals surface area contributed by atoms with E-state index in [1.807, 2.05) is 0 Å². The van der Waals surface area contributed by atoms with Gasteiger partial charge in [-0.2, -0.15) is 13.2 Å². The van der Waals surface area contributed by atoms with Gasteiger partial charge in [0.2, 0.25) is 0 Å². The summed E-state index contributed by atoms with van der Waals surface area (Å²) in [7, 11) is 1.36. The number of rotatable bonds is 1. The number of halogens is 4. The van der Waals surface area contributed by atoms with Crippen LogP contribution in [0.15, 0.2) is 16.6 Å². The van der Waals surface area contributed by atoms with Crippen LogP contribution in [0.4, 0.5) is 18.9 Å². The fourth-order valence-electron chi connectivity index (χ4n) is 1.02. The first-order valence-corrected chi connectivity index (χ1v) is 4.35. The second kappa shape index (κ2) is 3.68. The molecule has 0 radical (unpaired) electrons. The van der Waals surface area contributed by atoms with Gasteiger partial charge in [-0.25, -0.2) is 0 Å². The monoisotopic (exact) mass is 269 g/mol. The summed E-state index contributed by atoms with van der Waals surface area (Å²) in [6, 6.07) is 2.35. The molecule has 0 aliphatic carbocycles. The van der Waals surface area contributed by atoms with E-state index >= 15 is 0 Å². The fraction of sp³-hybridized carbons (Fsp3) is 0.250. The van der Waals surface area contributed by atoms with Crippen LogP contribution >= 0.6 is 15.9 Å². The third-order valence-electron chi connectivity index (χ3n) is 1.61. The van der Waals surface area contributed by atoms with Gasteiger partial charge in [0.25, 0.3) is 0 Å². The number of alkyl halides is 3. The maximum absolute atomic E-state index is 12.4. The van der Waals surface area contributed by atoms with E-state index in [0.29, 0.717) is 0 Å². The van der Waals surface area contributed by atoms with Gasteiger partial charge in [-0.05, 0) is 22.0 Å². The lowest BCUT2D eigenvalue weighted by Crippen LogP contribution is -2.10. The van der Waals surface area contributed by atoms with Crippen molar-refractivity contribution in [3.05, 3.63) is 22.2 Å². The minimum absolute atomic E-state index is 0.123. The number of hydrogen-bond donors (Lipinski definition) is 1.